The summed E-state index contributed by atoms with van der Waals surface area (Å²) >= 11 is 0. The van der Waals surface area contributed by atoms with Gasteiger partial charge in [-0.1, -0.05) is 12.1 Å². The summed E-state index contributed by atoms with van der Waals surface area (Å²) in [6.45, 7) is 7.49. The molecule has 166 valence electrons. The normalized spacial score (nSPS) is 13.3. The fraction of sp³-hybridized carbons (Fsp3) is 0.409. The van der Waals surface area contributed by atoms with E-state index in [2.05, 4.69) is 20.3 Å². The summed E-state index contributed by atoms with van der Waals surface area (Å²) in [7, 11) is 0. The van der Waals surface area contributed by atoms with Crippen molar-refractivity contribution in [1.29, 1.82) is 0 Å². The summed E-state index contributed by atoms with van der Waals surface area (Å²) in [4.78, 5) is 12.9. The largest absolute Gasteiger partial charge is 0.478 e. The number of aromatic nitrogens is 3. The minimum atomic E-state index is -3.77. The van der Waals surface area contributed by atoms with Crippen LogP contribution in [0.1, 0.15) is 50.7 Å². The Balaban J connectivity index is 2.02. The molecule has 1 atom stereocenters. The van der Waals surface area contributed by atoms with Crippen LogP contribution in [0.5, 0.6) is 5.88 Å². The molecule has 3 aromatic rings. The number of alkyl halides is 2. The monoisotopic (exact) mass is 434 g/mol. The Kier molecular flexibility index (Phi) is 6.09. The molecule has 0 saturated carbocycles. The average molecular weight is 434 g/mol. The molecular formula is C22H25F3N4O2. The molecule has 0 unspecified atom stereocenters. The maximum Gasteiger partial charge on any atom is 0.303 e. The molecule has 0 amide bonds. The van der Waals surface area contributed by atoms with Crippen molar-refractivity contribution in [3.05, 3.63) is 53.2 Å². The second-order valence-corrected chi connectivity index (χ2v) is 7.80. The Morgan fingerprint density at radius 2 is 1.94 bits per heavy atom. The van der Waals surface area contributed by atoms with Gasteiger partial charge in [0.15, 0.2) is 0 Å². The highest BCUT2D eigenvalue weighted by Gasteiger charge is 2.49. The Hall–Kier alpha value is -2.94. The van der Waals surface area contributed by atoms with Crippen molar-refractivity contribution in [3.63, 3.8) is 0 Å². The Bertz CT molecular complexity index is 1100. The van der Waals surface area contributed by atoms with Crippen LogP contribution in [0.3, 0.4) is 0 Å². The summed E-state index contributed by atoms with van der Waals surface area (Å²) in [5.41, 5.74) is -2.71. The van der Waals surface area contributed by atoms with E-state index in [1.54, 1.807) is 26.1 Å². The Morgan fingerprint density at radius 1 is 1.23 bits per heavy atom. The molecule has 0 spiro atoms. The predicted octanol–water partition coefficient (Wildman–Crippen LogP) is 4.91. The number of aryl methyl sites for hydroxylation is 1. The quantitative estimate of drug-likeness (QED) is 0.550. The summed E-state index contributed by atoms with van der Waals surface area (Å²) in [6, 6.07) is 4.70. The summed E-state index contributed by atoms with van der Waals surface area (Å²) < 4.78 is 49.8. The van der Waals surface area contributed by atoms with Crippen molar-refractivity contribution < 1.29 is 23.0 Å². The molecule has 2 aromatic heterocycles. The number of anilines is 1. The van der Waals surface area contributed by atoms with Crippen molar-refractivity contribution in [2.75, 3.05) is 11.9 Å². The van der Waals surface area contributed by atoms with Crippen LogP contribution < -0.4 is 10.1 Å². The number of fused-ring (bicyclic) bond motifs is 1. The van der Waals surface area contributed by atoms with Gasteiger partial charge in [-0.15, -0.1) is 0 Å². The number of nitrogens with one attached hydrogen (secondary N) is 1. The minimum Gasteiger partial charge on any atom is -0.478 e. The van der Waals surface area contributed by atoms with Crippen LogP contribution in [0.25, 0.3) is 10.9 Å². The van der Waals surface area contributed by atoms with Gasteiger partial charge in [0.1, 0.15) is 23.1 Å². The standard InChI is InChI=1S/C22H25F3N4O2/c1-6-31-18-10-15-17(11-26-18)28-13(3)29-20(15)27-12(2)14-8-7-9-16(19(14)23)22(24,25)21(4,5)30/h7-12,30H,6H2,1-5H3,(H,27,28,29)/t12-/m1/s1. The Labute approximate surface area is 178 Å². The van der Waals surface area contributed by atoms with Crippen molar-refractivity contribution in [1.82, 2.24) is 15.0 Å². The van der Waals surface area contributed by atoms with E-state index >= 15 is 4.39 Å². The zero-order valence-electron chi connectivity index (χ0n) is 18.0. The van der Waals surface area contributed by atoms with E-state index in [1.807, 2.05) is 6.92 Å². The molecule has 31 heavy (non-hydrogen) atoms. The van der Waals surface area contributed by atoms with Gasteiger partial charge >= 0.3 is 5.92 Å². The van der Waals surface area contributed by atoms with E-state index in [4.69, 9.17) is 4.74 Å². The van der Waals surface area contributed by atoms with Crippen molar-refractivity contribution in [3.8, 4) is 5.88 Å². The van der Waals surface area contributed by atoms with E-state index in [1.165, 1.54) is 12.1 Å². The number of hydrogen-bond donors (Lipinski definition) is 2. The van der Waals surface area contributed by atoms with Crippen LogP contribution in [0.2, 0.25) is 0 Å². The van der Waals surface area contributed by atoms with Crippen molar-refractivity contribution >= 4 is 16.7 Å². The van der Waals surface area contributed by atoms with Crippen LogP contribution in [0, 0.1) is 12.7 Å². The molecule has 9 heteroatoms. The van der Waals surface area contributed by atoms with E-state index in [-0.39, 0.29) is 5.56 Å². The van der Waals surface area contributed by atoms with Gasteiger partial charge in [0.2, 0.25) is 5.88 Å². The first-order chi connectivity index (χ1) is 14.5. The number of halogens is 3. The van der Waals surface area contributed by atoms with Gasteiger partial charge in [-0.3, -0.25) is 0 Å². The second kappa shape index (κ2) is 8.30. The van der Waals surface area contributed by atoms with Crippen LogP contribution in [0.4, 0.5) is 19.0 Å². The second-order valence-electron chi connectivity index (χ2n) is 7.80. The lowest BCUT2D eigenvalue weighted by molar-refractivity contribution is -0.170. The molecule has 3 rings (SSSR count). The van der Waals surface area contributed by atoms with Crippen LogP contribution >= 0.6 is 0 Å². The first-order valence-electron chi connectivity index (χ1n) is 9.88. The zero-order chi connectivity index (χ0) is 23.0. The summed E-state index contributed by atoms with van der Waals surface area (Å²) in [5.74, 6) is -3.60. The molecule has 0 bridgehead atoms. The van der Waals surface area contributed by atoms with E-state index in [0.717, 1.165) is 19.9 Å². The number of rotatable bonds is 7. The smallest absolute Gasteiger partial charge is 0.303 e. The third kappa shape index (κ3) is 4.41. The average Bonchev–Trinajstić information content (AvgIpc) is 2.67. The highest BCUT2D eigenvalue weighted by molar-refractivity contribution is 5.89. The highest BCUT2D eigenvalue weighted by atomic mass is 19.3. The first kappa shape index (κ1) is 22.7. The number of ether oxygens (including phenoxy) is 1. The molecule has 0 aliphatic heterocycles. The maximum absolute atomic E-state index is 15.1. The van der Waals surface area contributed by atoms with Crippen LogP contribution in [0.15, 0.2) is 30.5 Å². The SMILES string of the molecule is CCOc1cc2c(N[C@H](C)c3cccc(C(F)(F)C(C)(C)O)c3F)nc(C)nc2cn1. The third-order valence-electron chi connectivity index (χ3n) is 4.92. The zero-order valence-corrected chi connectivity index (χ0v) is 18.0. The number of benzene rings is 1. The molecule has 0 saturated heterocycles. The molecule has 0 fully saturated rings. The van der Waals surface area contributed by atoms with Gasteiger partial charge < -0.3 is 15.2 Å². The summed E-state index contributed by atoms with van der Waals surface area (Å²) in [5, 5.41) is 13.5. The minimum absolute atomic E-state index is 0.0185. The van der Waals surface area contributed by atoms with Gasteiger partial charge in [0.25, 0.3) is 0 Å². The molecule has 0 radical (unpaired) electrons. The molecule has 1 aromatic carbocycles. The highest BCUT2D eigenvalue weighted by Crippen LogP contribution is 2.41. The number of pyridine rings is 1. The molecule has 6 nitrogen and oxygen atoms in total. The summed E-state index contributed by atoms with van der Waals surface area (Å²) in [6.07, 6.45) is 1.55. The predicted molar refractivity (Wildman–Crippen MR) is 112 cm³/mol. The molecule has 0 aliphatic carbocycles. The fourth-order valence-electron chi connectivity index (χ4n) is 3.21. The van der Waals surface area contributed by atoms with E-state index in [9.17, 15) is 13.9 Å². The molecule has 2 heterocycles. The lowest BCUT2D eigenvalue weighted by atomic mass is 9.91. The molecular weight excluding hydrogens is 409 g/mol. The first-order valence-corrected chi connectivity index (χ1v) is 9.88. The van der Waals surface area contributed by atoms with Gasteiger partial charge in [-0.2, -0.15) is 8.78 Å². The topological polar surface area (TPSA) is 80.2 Å². The van der Waals surface area contributed by atoms with Gasteiger partial charge in [0.05, 0.1) is 29.9 Å². The lowest BCUT2D eigenvalue weighted by Crippen LogP contribution is -2.41. The molecule has 2 N–H and O–H groups in total. The van der Waals surface area contributed by atoms with Crippen molar-refractivity contribution in [2.45, 2.75) is 52.2 Å². The van der Waals surface area contributed by atoms with Crippen LogP contribution in [-0.2, 0) is 5.92 Å². The fourth-order valence-corrected chi connectivity index (χ4v) is 3.21. The van der Waals surface area contributed by atoms with Crippen molar-refractivity contribution in [2.24, 2.45) is 0 Å². The van der Waals surface area contributed by atoms with Gasteiger partial charge in [-0.25, -0.2) is 19.3 Å². The number of nitrogens with zero attached hydrogens (tertiary/aromatic N) is 3. The molecule has 0 aliphatic rings. The number of aliphatic hydroxyl groups is 1. The maximum atomic E-state index is 15.1. The van der Waals surface area contributed by atoms with E-state index in [0.29, 0.717) is 35.0 Å². The van der Waals surface area contributed by atoms with Gasteiger partial charge in [0, 0.05) is 17.0 Å². The van der Waals surface area contributed by atoms with Crippen LogP contribution in [-0.4, -0.2) is 32.3 Å². The lowest BCUT2D eigenvalue weighted by Gasteiger charge is -2.30. The number of hydrogen-bond acceptors (Lipinski definition) is 6. The van der Waals surface area contributed by atoms with Gasteiger partial charge in [-0.05, 0) is 40.7 Å². The Morgan fingerprint density at radius 3 is 2.58 bits per heavy atom. The third-order valence-corrected chi connectivity index (χ3v) is 4.92. The van der Waals surface area contributed by atoms with E-state index < -0.39 is 28.9 Å².